The first-order valence-electron chi connectivity index (χ1n) is 8.76. The maximum Gasteiger partial charge on any atom is 0.261 e. The Morgan fingerprint density at radius 1 is 1.11 bits per heavy atom. The van der Waals surface area contributed by atoms with E-state index in [1.807, 2.05) is 65.5 Å². The van der Waals surface area contributed by atoms with Crippen LogP contribution in [0.5, 0.6) is 0 Å². The average molecular weight is 390 g/mol. The molecule has 4 aromatic rings. The molecular formula is C21H18N4O2S. The third-order valence-corrected chi connectivity index (χ3v) is 5.17. The second kappa shape index (κ2) is 7.66. The molecule has 0 unspecified atom stereocenters. The number of aromatic nitrogens is 2. The Hall–Kier alpha value is -3.45. The summed E-state index contributed by atoms with van der Waals surface area (Å²) in [5, 5.41) is 7.21. The lowest BCUT2D eigenvalue weighted by molar-refractivity contribution is -0.115. The van der Waals surface area contributed by atoms with Crippen LogP contribution in [0.1, 0.15) is 15.2 Å². The maximum atomic E-state index is 12.1. The summed E-state index contributed by atoms with van der Waals surface area (Å²) >= 11 is 1.34. The number of nitrogens with one attached hydrogen (secondary N) is 2. The van der Waals surface area contributed by atoms with E-state index in [9.17, 15) is 9.59 Å². The molecule has 0 aliphatic heterocycles. The van der Waals surface area contributed by atoms with Crippen LogP contribution in [-0.2, 0) is 4.79 Å². The Bertz CT molecular complexity index is 1130. The highest BCUT2D eigenvalue weighted by atomic mass is 32.1. The highest BCUT2D eigenvalue weighted by molar-refractivity contribution is 7.12. The van der Waals surface area contributed by atoms with Crippen molar-refractivity contribution in [3.63, 3.8) is 0 Å². The minimum absolute atomic E-state index is 0.0792. The van der Waals surface area contributed by atoms with Gasteiger partial charge in [0.25, 0.3) is 5.91 Å². The zero-order chi connectivity index (χ0) is 19.5. The number of rotatable bonds is 5. The van der Waals surface area contributed by atoms with Crippen molar-refractivity contribution in [2.75, 3.05) is 11.9 Å². The Morgan fingerprint density at radius 2 is 1.93 bits per heavy atom. The summed E-state index contributed by atoms with van der Waals surface area (Å²) in [6, 6.07) is 15.0. The molecule has 7 heteroatoms. The summed E-state index contributed by atoms with van der Waals surface area (Å²) in [4.78, 5) is 29.2. The predicted molar refractivity (Wildman–Crippen MR) is 111 cm³/mol. The summed E-state index contributed by atoms with van der Waals surface area (Å²) in [5.74, 6) is -0.524. The number of thiophene rings is 1. The largest absolute Gasteiger partial charge is 0.342 e. The van der Waals surface area contributed by atoms with Crippen molar-refractivity contribution in [1.82, 2.24) is 14.7 Å². The van der Waals surface area contributed by atoms with Crippen LogP contribution in [0.3, 0.4) is 0 Å². The van der Waals surface area contributed by atoms with E-state index < -0.39 is 0 Å². The lowest BCUT2D eigenvalue weighted by atomic mass is 10.1. The van der Waals surface area contributed by atoms with E-state index in [4.69, 9.17) is 0 Å². The minimum Gasteiger partial charge on any atom is -0.342 e. The zero-order valence-electron chi connectivity index (χ0n) is 15.2. The van der Waals surface area contributed by atoms with Gasteiger partial charge in [0.15, 0.2) is 0 Å². The molecule has 1 aromatic carbocycles. The Labute approximate surface area is 165 Å². The van der Waals surface area contributed by atoms with E-state index in [-0.39, 0.29) is 18.4 Å². The molecule has 28 heavy (non-hydrogen) atoms. The molecule has 3 heterocycles. The maximum absolute atomic E-state index is 12.1. The third kappa shape index (κ3) is 3.79. The molecule has 0 aliphatic carbocycles. The highest BCUT2D eigenvalue weighted by Gasteiger charge is 2.10. The summed E-state index contributed by atoms with van der Waals surface area (Å²) in [6.45, 7) is 1.95. The molecular weight excluding hydrogens is 372 g/mol. The van der Waals surface area contributed by atoms with Crippen LogP contribution < -0.4 is 10.6 Å². The molecule has 0 radical (unpaired) electrons. The van der Waals surface area contributed by atoms with E-state index in [0.717, 1.165) is 22.5 Å². The van der Waals surface area contributed by atoms with Crippen molar-refractivity contribution in [3.8, 4) is 11.3 Å². The van der Waals surface area contributed by atoms with Gasteiger partial charge in [0.2, 0.25) is 5.91 Å². The van der Waals surface area contributed by atoms with Gasteiger partial charge in [0.05, 0.1) is 17.1 Å². The fourth-order valence-corrected chi connectivity index (χ4v) is 3.52. The van der Waals surface area contributed by atoms with Crippen LogP contribution in [0.25, 0.3) is 16.9 Å². The molecule has 4 rings (SSSR count). The molecule has 0 atom stereocenters. The second-order valence-electron chi connectivity index (χ2n) is 6.33. The van der Waals surface area contributed by atoms with Gasteiger partial charge in [-0.1, -0.05) is 24.3 Å². The zero-order valence-corrected chi connectivity index (χ0v) is 16.0. The molecule has 0 spiro atoms. The first-order chi connectivity index (χ1) is 13.6. The van der Waals surface area contributed by atoms with Gasteiger partial charge in [-0.3, -0.25) is 9.59 Å². The number of pyridine rings is 1. The molecule has 2 N–H and O–H groups in total. The van der Waals surface area contributed by atoms with Gasteiger partial charge in [0.1, 0.15) is 5.65 Å². The van der Waals surface area contributed by atoms with E-state index in [0.29, 0.717) is 10.6 Å². The molecule has 0 bridgehead atoms. The summed E-state index contributed by atoms with van der Waals surface area (Å²) in [6.07, 6.45) is 3.95. The number of anilines is 1. The fraction of sp³-hybridized carbons (Fsp3) is 0.0952. The van der Waals surface area contributed by atoms with Gasteiger partial charge in [0, 0.05) is 23.6 Å². The number of benzene rings is 1. The molecule has 0 saturated carbocycles. The monoisotopic (exact) mass is 390 g/mol. The van der Waals surface area contributed by atoms with Gasteiger partial charge < -0.3 is 15.0 Å². The molecule has 140 valence electrons. The van der Waals surface area contributed by atoms with Crippen molar-refractivity contribution >= 4 is 34.5 Å². The molecule has 0 fully saturated rings. The third-order valence-electron chi connectivity index (χ3n) is 4.30. The summed E-state index contributed by atoms with van der Waals surface area (Å²) < 4.78 is 2.00. The van der Waals surface area contributed by atoms with Gasteiger partial charge in [-0.25, -0.2) is 4.98 Å². The number of fused-ring (bicyclic) bond motifs is 1. The molecule has 0 aliphatic rings. The SMILES string of the molecule is Cc1cccn2cc(-c3ccc(NC(=O)CNC(=O)c4cccs4)cc3)nc12. The van der Waals surface area contributed by atoms with E-state index in [1.54, 1.807) is 12.1 Å². The number of carbonyl (C=O) groups is 2. The fourth-order valence-electron chi connectivity index (χ4n) is 2.88. The van der Waals surface area contributed by atoms with Gasteiger partial charge in [-0.15, -0.1) is 11.3 Å². The quantitative estimate of drug-likeness (QED) is 0.545. The first kappa shape index (κ1) is 17.9. The van der Waals surface area contributed by atoms with Crippen LogP contribution in [0, 0.1) is 6.92 Å². The van der Waals surface area contributed by atoms with E-state index in [1.165, 1.54) is 11.3 Å². The second-order valence-corrected chi connectivity index (χ2v) is 7.28. The van der Waals surface area contributed by atoms with E-state index >= 15 is 0 Å². The number of amides is 2. The van der Waals surface area contributed by atoms with E-state index in [2.05, 4.69) is 15.6 Å². The van der Waals surface area contributed by atoms with Gasteiger partial charge >= 0.3 is 0 Å². The lowest BCUT2D eigenvalue weighted by Crippen LogP contribution is -2.32. The molecule has 6 nitrogen and oxygen atoms in total. The van der Waals surface area contributed by atoms with Crippen LogP contribution >= 0.6 is 11.3 Å². The van der Waals surface area contributed by atoms with Gasteiger partial charge in [-0.2, -0.15) is 0 Å². The number of hydrogen-bond acceptors (Lipinski definition) is 4. The molecule has 2 amide bonds. The Balaban J connectivity index is 1.39. The Kier molecular flexibility index (Phi) is 4.90. The first-order valence-corrected chi connectivity index (χ1v) is 9.64. The standard InChI is InChI=1S/C21H18N4O2S/c1-14-4-2-10-25-13-17(24-20(14)25)15-6-8-16(9-7-15)23-19(26)12-22-21(27)18-5-3-11-28-18/h2-11,13H,12H2,1H3,(H,22,27)(H,23,26). The Morgan fingerprint density at radius 3 is 2.64 bits per heavy atom. The van der Waals surface area contributed by atoms with Crippen LogP contribution in [0.15, 0.2) is 66.3 Å². The molecule has 3 aromatic heterocycles. The predicted octanol–water partition coefficient (Wildman–Crippen LogP) is 3.74. The van der Waals surface area contributed by atoms with Crippen LogP contribution in [0.2, 0.25) is 0 Å². The van der Waals surface area contributed by atoms with Crippen molar-refractivity contribution < 1.29 is 9.59 Å². The summed E-state index contributed by atoms with van der Waals surface area (Å²) in [5.41, 5.74) is 4.54. The van der Waals surface area contributed by atoms with Crippen molar-refractivity contribution in [2.24, 2.45) is 0 Å². The molecule has 0 saturated heterocycles. The normalized spacial score (nSPS) is 10.8. The minimum atomic E-state index is -0.277. The van der Waals surface area contributed by atoms with Crippen molar-refractivity contribution in [2.45, 2.75) is 6.92 Å². The number of nitrogens with zero attached hydrogens (tertiary/aromatic N) is 2. The van der Waals surface area contributed by atoms with Crippen LogP contribution in [-0.4, -0.2) is 27.7 Å². The average Bonchev–Trinajstić information content (AvgIpc) is 3.37. The number of carbonyl (C=O) groups excluding carboxylic acids is 2. The number of hydrogen-bond donors (Lipinski definition) is 2. The van der Waals surface area contributed by atoms with Crippen LogP contribution in [0.4, 0.5) is 5.69 Å². The number of aryl methyl sites for hydroxylation is 1. The van der Waals surface area contributed by atoms with Crippen molar-refractivity contribution in [3.05, 3.63) is 76.7 Å². The number of imidazole rings is 1. The lowest BCUT2D eigenvalue weighted by Gasteiger charge is -2.07. The van der Waals surface area contributed by atoms with Crippen molar-refractivity contribution in [1.29, 1.82) is 0 Å². The smallest absolute Gasteiger partial charge is 0.261 e. The van der Waals surface area contributed by atoms with Gasteiger partial charge in [-0.05, 0) is 42.1 Å². The summed E-state index contributed by atoms with van der Waals surface area (Å²) in [7, 11) is 0. The topological polar surface area (TPSA) is 75.5 Å². The highest BCUT2D eigenvalue weighted by Crippen LogP contribution is 2.22.